The molecule has 0 amide bonds. The monoisotopic (exact) mass is 255 g/mol. The van der Waals surface area contributed by atoms with Crippen molar-refractivity contribution in [2.24, 2.45) is 0 Å². The summed E-state index contributed by atoms with van der Waals surface area (Å²) in [6.07, 6.45) is 0. The minimum Gasteiger partial charge on any atom is -0.460 e. The molecule has 1 aromatic heterocycles. The quantitative estimate of drug-likeness (QED) is 0.600. The average Bonchev–Trinajstić information content (AvgIpc) is 2.12. The van der Waals surface area contributed by atoms with E-state index in [0.717, 1.165) is 11.3 Å². The first-order valence-corrected chi connectivity index (χ1v) is 5.94. The van der Waals surface area contributed by atoms with Crippen molar-refractivity contribution in [3.8, 4) is 0 Å². The van der Waals surface area contributed by atoms with Crippen molar-refractivity contribution in [3.05, 3.63) is 28.5 Å². The van der Waals surface area contributed by atoms with Gasteiger partial charge in [-0.1, -0.05) is 11.6 Å². The maximum atomic E-state index is 11.9. The Kier molecular flexibility index (Phi) is 4.15. The molecule has 1 unspecified atom stereocenters. The molecule has 1 rings (SSSR count). The smallest absolute Gasteiger partial charge is 0.313 e. The van der Waals surface area contributed by atoms with E-state index in [2.05, 4.69) is 4.98 Å². The van der Waals surface area contributed by atoms with Gasteiger partial charge in [-0.2, -0.15) is 0 Å². The summed E-state index contributed by atoms with van der Waals surface area (Å²) in [6, 6.07) is 3.55. The Hall–Kier alpha value is -1.09. The lowest BCUT2D eigenvalue weighted by Crippen LogP contribution is -2.26. The van der Waals surface area contributed by atoms with Gasteiger partial charge in [0.15, 0.2) is 0 Å². The molecule has 1 aromatic rings. The molecular formula is C13H18ClNO2. The van der Waals surface area contributed by atoms with Crippen LogP contribution in [0.5, 0.6) is 0 Å². The van der Waals surface area contributed by atoms with Gasteiger partial charge in [0.05, 0.1) is 5.92 Å². The van der Waals surface area contributed by atoms with Gasteiger partial charge in [0, 0.05) is 5.69 Å². The van der Waals surface area contributed by atoms with Crippen LogP contribution < -0.4 is 0 Å². The van der Waals surface area contributed by atoms with Crippen molar-refractivity contribution in [2.45, 2.75) is 46.1 Å². The second-order valence-corrected chi connectivity index (χ2v) is 5.51. The molecule has 0 fully saturated rings. The third-order valence-corrected chi connectivity index (χ3v) is 2.40. The van der Waals surface area contributed by atoms with Crippen LogP contribution in [-0.4, -0.2) is 16.6 Å². The first-order valence-electron chi connectivity index (χ1n) is 5.56. The summed E-state index contributed by atoms with van der Waals surface area (Å²) in [5.74, 6) is -0.590. The van der Waals surface area contributed by atoms with E-state index in [1.165, 1.54) is 0 Å². The summed E-state index contributed by atoms with van der Waals surface area (Å²) in [4.78, 5) is 16.0. The highest BCUT2D eigenvalue weighted by molar-refractivity contribution is 6.29. The first-order chi connectivity index (χ1) is 7.69. The maximum absolute atomic E-state index is 11.9. The van der Waals surface area contributed by atoms with Gasteiger partial charge >= 0.3 is 5.97 Å². The minimum absolute atomic E-state index is 0.251. The summed E-state index contributed by atoms with van der Waals surface area (Å²) in [5.41, 5.74) is 1.15. The lowest BCUT2D eigenvalue weighted by Gasteiger charge is -2.22. The fraction of sp³-hybridized carbons (Fsp3) is 0.538. The summed E-state index contributed by atoms with van der Waals surface area (Å²) < 4.78 is 5.33. The van der Waals surface area contributed by atoms with Crippen LogP contribution in [0.1, 0.15) is 44.9 Å². The molecule has 0 aliphatic heterocycles. The topological polar surface area (TPSA) is 39.2 Å². The third kappa shape index (κ3) is 4.35. The molecule has 17 heavy (non-hydrogen) atoms. The summed E-state index contributed by atoms with van der Waals surface area (Å²) >= 11 is 5.87. The predicted octanol–water partition coefficient (Wildman–Crippen LogP) is 3.49. The molecule has 0 aromatic carbocycles. The van der Waals surface area contributed by atoms with Crippen molar-refractivity contribution < 1.29 is 9.53 Å². The molecule has 0 bridgehead atoms. The van der Waals surface area contributed by atoms with Crippen molar-refractivity contribution in [2.75, 3.05) is 0 Å². The average molecular weight is 256 g/mol. The van der Waals surface area contributed by atoms with Crippen LogP contribution in [0.25, 0.3) is 0 Å². The van der Waals surface area contributed by atoms with E-state index in [0.29, 0.717) is 5.15 Å². The SMILES string of the molecule is Cc1cc(C(C)C(=O)OC(C)(C)C)cc(Cl)n1. The lowest BCUT2D eigenvalue weighted by atomic mass is 10.0. The molecule has 4 heteroatoms. The molecule has 1 atom stereocenters. The molecule has 0 spiro atoms. The number of aryl methyl sites for hydroxylation is 1. The van der Waals surface area contributed by atoms with Crippen LogP contribution in [0.3, 0.4) is 0 Å². The first kappa shape index (κ1) is 14.0. The fourth-order valence-corrected chi connectivity index (χ4v) is 1.69. The zero-order chi connectivity index (χ0) is 13.2. The summed E-state index contributed by atoms with van der Waals surface area (Å²) in [5, 5.41) is 0.399. The zero-order valence-electron chi connectivity index (χ0n) is 10.9. The van der Waals surface area contributed by atoms with Crippen LogP contribution in [0.15, 0.2) is 12.1 Å². The van der Waals surface area contributed by atoms with E-state index in [-0.39, 0.29) is 11.9 Å². The Morgan fingerprint density at radius 2 is 2.00 bits per heavy atom. The Morgan fingerprint density at radius 3 is 2.47 bits per heavy atom. The summed E-state index contributed by atoms with van der Waals surface area (Å²) in [6.45, 7) is 9.20. The molecule has 0 saturated heterocycles. The van der Waals surface area contributed by atoms with Crippen LogP contribution in [-0.2, 0) is 9.53 Å². The number of carbonyl (C=O) groups excluding carboxylic acids is 1. The minimum atomic E-state index is -0.475. The van der Waals surface area contributed by atoms with Crippen LogP contribution in [0.2, 0.25) is 5.15 Å². The van der Waals surface area contributed by atoms with Gasteiger partial charge < -0.3 is 4.74 Å². The Balaban J connectivity index is 2.89. The summed E-state index contributed by atoms with van der Waals surface area (Å²) in [7, 11) is 0. The molecule has 0 N–H and O–H groups in total. The molecule has 0 aliphatic carbocycles. The zero-order valence-corrected chi connectivity index (χ0v) is 11.6. The predicted molar refractivity (Wildman–Crippen MR) is 68.2 cm³/mol. The number of carbonyl (C=O) groups is 1. The second kappa shape index (κ2) is 5.05. The normalized spacial score (nSPS) is 13.3. The molecule has 0 radical (unpaired) electrons. The van der Waals surface area contributed by atoms with Gasteiger partial charge in [0.25, 0.3) is 0 Å². The number of pyridine rings is 1. The number of ether oxygens (including phenoxy) is 1. The van der Waals surface area contributed by atoms with Gasteiger partial charge in [-0.15, -0.1) is 0 Å². The van der Waals surface area contributed by atoms with Gasteiger partial charge in [-0.05, 0) is 52.3 Å². The molecular weight excluding hydrogens is 238 g/mol. The van der Waals surface area contributed by atoms with E-state index in [1.54, 1.807) is 13.0 Å². The second-order valence-electron chi connectivity index (χ2n) is 5.12. The molecule has 94 valence electrons. The van der Waals surface area contributed by atoms with E-state index >= 15 is 0 Å². The molecule has 1 heterocycles. The van der Waals surface area contributed by atoms with Crippen LogP contribution in [0.4, 0.5) is 0 Å². The van der Waals surface area contributed by atoms with E-state index < -0.39 is 5.60 Å². The Morgan fingerprint density at radius 1 is 1.41 bits per heavy atom. The van der Waals surface area contributed by atoms with E-state index in [1.807, 2.05) is 33.8 Å². The maximum Gasteiger partial charge on any atom is 0.313 e. The van der Waals surface area contributed by atoms with Gasteiger partial charge in [0.2, 0.25) is 0 Å². The highest BCUT2D eigenvalue weighted by Crippen LogP contribution is 2.22. The number of halogens is 1. The third-order valence-electron chi connectivity index (χ3n) is 2.20. The standard InChI is InChI=1S/C13H18ClNO2/c1-8-6-10(7-11(14)15-8)9(2)12(16)17-13(3,4)5/h6-7,9H,1-5H3. The van der Waals surface area contributed by atoms with Gasteiger partial charge in [-0.3, -0.25) is 4.79 Å². The molecule has 0 aliphatic rings. The van der Waals surface area contributed by atoms with E-state index in [9.17, 15) is 4.79 Å². The van der Waals surface area contributed by atoms with Crippen molar-refractivity contribution in [1.29, 1.82) is 0 Å². The van der Waals surface area contributed by atoms with Crippen molar-refractivity contribution in [3.63, 3.8) is 0 Å². The number of hydrogen-bond acceptors (Lipinski definition) is 3. The highest BCUT2D eigenvalue weighted by Gasteiger charge is 2.23. The van der Waals surface area contributed by atoms with Crippen LogP contribution >= 0.6 is 11.6 Å². The van der Waals surface area contributed by atoms with Crippen molar-refractivity contribution in [1.82, 2.24) is 4.98 Å². The number of hydrogen-bond donors (Lipinski definition) is 0. The largest absolute Gasteiger partial charge is 0.460 e. The molecule has 0 saturated carbocycles. The van der Waals surface area contributed by atoms with Crippen molar-refractivity contribution >= 4 is 17.6 Å². The van der Waals surface area contributed by atoms with E-state index in [4.69, 9.17) is 16.3 Å². The molecule has 3 nitrogen and oxygen atoms in total. The van der Waals surface area contributed by atoms with Gasteiger partial charge in [-0.25, -0.2) is 4.98 Å². The van der Waals surface area contributed by atoms with Gasteiger partial charge in [0.1, 0.15) is 10.8 Å². The lowest BCUT2D eigenvalue weighted by molar-refractivity contribution is -0.156. The number of aromatic nitrogens is 1. The number of esters is 1. The van der Waals surface area contributed by atoms with Crippen LogP contribution in [0, 0.1) is 6.92 Å². The Labute approximate surface area is 107 Å². The highest BCUT2D eigenvalue weighted by atomic mass is 35.5. The number of rotatable bonds is 2. The fourth-order valence-electron chi connectivity index (χ4n) is 1.43. The Bertz CT molecular complexity index is 404. The number of nitrogens with zero attached hydrogens (tertiary/aromatic N) is 1.